The van der Waals surface area contributed by atoms with E-state index in [-0.39, 0.29) is 6.61 Å². The number of rotatable bonds is 3. The van der Waals surface area contributed by atoms with Crippen LogP contribution in [0.15, 0.2) is 48.0 Å². The smallest absolute Gasteiger partial charge is 0.338 e. The summed E-state index contributed by atoms with van der Waals surface area (Å²) in [7, 11) is 1.89. The van der Waals surface area contributed by atoms with E-state index in [0.29, 0.717) is 16.4 Å². The molecule has 26 heavy (non-hydrogen) atoms. The van der Waals surface area contributed by atoms with E-state index in [9.17, 15) is 4.79 Å². The van der Waals surface area contributed by atoms with Crippen molar-refractivity contribution in [3.05, 3.63) is 64.4 Å². The predicted molar refractivity (Wildman–Crippen MR) is 100 cm³/mol. The van der Waals surface area contributed by atoms with Gasteiger partial charge in [-0.3, -0.25) is 0 Å². The van der Waals surface area contributed by atoms with Crippen LogP contribution in [-0.4, -0.2) is 22.1 Å². The molecule has 0 unspecified atom stereocenters. The van der Waals surface area contributed by atoms with Crippen LogP contribution >= 0.6 is 11.6 Å². The SMILES string of the molecule is C[C@@H](OC(=O)C1=Cc2ccccc2OC1)c1nc2cc(Cl)ccc2n1C. The number of hydrogen-bond acceptors (Lipinski definition) is 4. The Bertz CT molecular complexity index is 1040. The number of carbonyl (C=O) groups excluding carboxylic acids is 1. The Morgan fingerprint density at radius 2 is 2.12 bits per heavy atom. The number of fused-ring (bicyclic) bond motifs is 2. The summed E-state index contributed by atoms with van der Waals surface area (Å²) in [6.07, 6.45) is 1.31. The standard InChI is InChI=1S/C20H17ClN2O3/c1-12(19-22-16-10-15(21)7-8-17(16)23(19)2)26-20(24)14-9-13-5-3-4-6-18(13)25-11-14/h3-10,12H,11H2,1-2H3/t12-/m1/s1. The van der Waals surface area contributed by atoms with Crippen molar-refractivity contribution in [3.63, 3.8) is 0 Å². The van der Waals surface area contributed by atoms with E-state index < -0.39 is 12.1 Å². The Labute approximate surface area is 155 Å². The average molecular weight is 369 g/mol. The van der Waals surface area contributed by atoms with Gasteiger partial charge in [0.25, 0.3) is 0 Å². The number of halogens is 1. The van der Waals surface area contributed by atoms with E-state index in [1.165, 1.54) is 0 Å². The maximum absolute atomic E-state index is 12.5. The summed E-state index contributed by atoms with van der Waals surface area (Å²) in [5.41, 5.74) is 3.06. The summed E-state index contributed by atoms with van der Waals surface area (Å²) in [5, 5.41) is 0.620. The highest BCUT2D eigenvalue weighted by atomic mass is 35.5. The van der Waals surface area contributed by atoms with Crippen molar-refractivity contribution in [3.8, 4) is 5.75 Å². The Morgan fingerprint density at radius 3 is 2.96 bits per heavy atom. The molecule has 4 rings (SSSR count). The second kappa shape index (κ2) is 6.50. The number of esters is 1. The first-order valence-corrected chi connectivity index (χ1v) is 8.66. The number of ether oxygens (including phenoxy) is 2. The van der Waals surface area contributed by atoms with E-state index in [2.05, 4.69) is 4.98 Å². The molecule has 0 radical (unpaired) electrons. The molecule has 1 aliphatic rings. The van der Waals surface area contributed by atoms with Crippen LogP contribution in [0.4, 0.5) is 0 Å². The Balaban J connectivity index is 1.57. The highest BCUT2D eigenvalue weighted by Crippen LogP contribution is 2.28. The lowest BCUT2D eigenvalue weighted by Gasteiger charge is -2.19. The Hall–Kier alpha value is -2.79. The first-order valence-electron chi connectivity index (χ1n) is 8.28. The molecule has 2 aromatic carbocycles. The quantitative estimate of drug-likeness (QED) is 0.646. The number of nitrogens with zero attached hydrogens (tertiary/aromatic N) is 2. The number of hydrogen-bond donors (Lipinski definition) is 0. The van der Waals surface area contributed by atoms with Crippen molar-refractivity contribution in [2.45, 2.75) is 13.0 Å². The molecule has 0 amide bonds. The highest BCUT2D eigenvalue weighted by molar-refractivity contribution is 6.31. The Morgan fingerprint density at radius 1 is 1.31 bits per heavy atom. The molecule has 5 nitrogen and oxygen atoms in total. The summed E-state index contributed by atoms with van der Waals surface area (Å²) in [5.74, 6) is 1.02. The van der Waals surface area contributed by atoms with Crippen LogP contribution in [-0.2, 0) is 16.6 Å². The Kier molecular flexibility index (Phi) is 4.17. The fourth-order valence-electron chi connectivity index (χ4n) is 3.08. The molecule has 0 fully saturated rings. The number of benzene rings is 2. The summed E-state index contributed by atoms with van der Waals surface area (Å²) in [6, 6.07) is 13.1. The number of carbonyl (C=O) groups is 1. The third-order valence-electron chi connectivity index (χ3n) is 4.42. The maximum atomic E-state index is 12.5. The van der Waals surface area contributed by atoms with E-state index in [0.717, 1.165) is 22.3 Å². The van der Waals surface area contributed by atoms with Crippen LogP contribution in [0.1, 0.15) is 24.4 Å². The number of para-hydroxylation sites is 1. The van der Waals surface area contributed by atoms with Gasteiger partial charge in [0.15, 0.2) is 11.9 Å². The lowest BCUT2D eigenvalue weighted by Crippen LogP contribution is -2.19. The van der Waals surface area contributed by atoms with Crippen LogP contribution in [0.25, 0.3) is 17.1 Å². The van der Waals surface area contributed by atoms with E-state index in [1.54, 1.807) is 13.0 Å². The van der Waals surface area contributed by atoms with Gasteiger partial charge in [-0.25, -0.2) is 9.78 Å². The van der Waals surface area contributed by atoms with Crippen LogP contribution in [0.2, 0.25) is 5.02 Å². The molecular formula is C20H17ClN2O3. The van der Waals surface area contributed by atoms with Crippen molar-refractivity contribution in [1.29, 1.82) is 0 Å². The molecular weight excluding hydrogens is 352 g/mol. The minimum atomic E-state index is -0.503. The third-order valence-corrected chi connectivity index (χ3v) is 4.65. The minimum Gasteiger partial charge on any atom is -0.488 e. The van der Waals surface area contributed by atoms with Crippen molar-refractivity contribution in [1.82, 2.24) is 9.55 Å². The molecule has 132 valence electrons. The van der Waals surface area contributed by atoms with Gasteiger partial charge in [0.05, 0.1) is 16.6 Å². The highest BCUT2D eigenvalue weighted by Gasteiger charge is 2.23. The van der Waals surface area contributed by atoms with E-state index >= 15 is 0 Å². The second-order valence-corrected chi connectivity index (χ2v) is 6.64. The molecule has 0 aliphatic carbocycles. The molecule has 6 heteroatoms. The van der Waals surface area contributed by atoms with Gasteiger partial charge < -0.3 is 14.0 Å². The van der Waals surface area contributed by atoms with E-state index in [1.807, 2.05) is 54.1 Å². The van der Waals surface area contributed by atoms with Crippen LogP contribution in [0, 0.1) is 0 Å². The molecule has 2 heterocycles. The molecule has 0 bridgehead atoms. The maximum Gasteiger partial charge on any atom is 0.338 e. The van der Waals surface area contributed by atoms with Crippen molar-refractivity contribution < 1.29 is 14.3 Å². The number of aromatic nitrogens is 2. The molecule has 0 spiro atoms. The van der Waals surface area contributed by atoms with Crippen LogP contribution < -0.4 is 4.74 Å². The summed E-state index contributed by atoms with van der Waals surface area (Å²) < 4.78 is 13.2. The summed E-state index contributed by atoms with van der Waals surface area (Å²) in [4.78, 5) is 17.1. The lowest BCUT2D eigenvalue weighted by atomic mass is 10.1. The monoisotopic (exact) mass is 368 g/mol. The van der Waals surface area contributed by atoms with Gasteiger partial charge in [0, 0.05) is 17.6 Å². The summed E-state index contributed by atoms with van der Waals surface area (Å²) in [6.45, 7) is 2.00. The van der Waals surface area contributed by atoms with Crippen molar-refractivity contribution >= 4 is 34.7 Å². The first-order chi connectivity index (χ1) is 12.5. The fourth-order valence-corrected chi connectivity index (χ4v) is 3.24. The van der Waals surface area contributed by atoms with Gasteiger partial charge in [-0.15, -0.1) is 0 Å². The van der Waals surface area contributed by atoms with Crippen molar-refractivity contribution in [2.75, 3.05) is 6.61 Å². The zero-order valence-electron chi connectivity index (χ0n) is 14.4. The zero-order chi connectivity index (χ0) is 18.3. The van der Waals surface area contributed by atoms with Gasteiger partial charge in [-0.1, -0.05) is 29.8 Å². The van der Waals surface area contributed by atoms with Gasteiger partial charge in [-0.2, -0.15) is 0 Å². The predicted octanol–water partition coefficient (Wildman–Crippen LogP) is 4.31. The molecule has 0 saturated carbocycles. The molecule has 3 aromatic rings. The minimum absolute atomic E-state index is 0.195. The summed E-state index contributed by atoms with van der Waals surface area (Å²) >= 11 is 6.03. The average Bonchev–Trinajstić information content (AvgIpc) is 2.97. The molecule has 0 saturated heterocycles. The second-order valence-electron chi connectivity index (χ2n) is 6.21. The number of imidazole rings is 1. The van der Waals surface area contributed by atoms with Gasteiger partial charge in [0.1, 0.15) is 12.4 Å². The molecule has 1 aliphatic heterocycles. The molecule has 1 aromatic heterocycles. The fraction of sp³-hybridized carbons (Fsp3) is 0.200. The van der Waals surface area contributed by atoms with Gasteiger partial charge >= 0.3 is 5.97 Å². The molecule has 0 N–H and O–H groups in total. The molecule has 1 atom stereocenters. The topological polar surface area (TPSA) is 53.4 Å². The van der Waals surface area contributed by atoms with E-state index in [4.69, 9.17) is 21.1 Å². The van der Waals surface area contributed by atoms with Crippen LogP contribution in [0.5, 0.6) is 5.75 Å². The largest absolute Gasteiger partial charge is 0.488 e. The third kappa shape index (κ3) is 2.95. The van der Waals surface area contributed by atoms with Gasteiger partial charge in [0.2, 0.25) is 0 Å². The zero-order valence-corrected chi connectivity index (χ0v) is 15.2. The van der Waals surface area contributed by atoms with Gasteiger partial charge in [-0.05, 0) is 37.3 Å². The van der Waals surface area contributed by atoms with Crippen molar-refractivity contribution in [2.24, 2.45) is 7.05 Å². The normalized spacial score (nSPS) is 14.3. The van der Waals surface area contributed by atoms with Crippen LogP contribution in [0.3, 0.4) is 0 Å². The number of aryl methyl sites for hydroxylation is 1. The first kappa shape index (κ1) is 16.7. The lowest BCUT2D eigenvalue weighted by molar-refractivity contribution is -0.144.